The van der Waals surface area contributed by atoms with Crippen LogP contribution in [0.4, 0.5) is 0 Å². The molecule has 5 heteroatoms. The van der Waals surface area contributed by atoms with E-state index in [0.29, 0.717) is 17.0 Å². The Bertz CT molecular complexity index is 837. The molecule has 0 aliphatic carbocycles. The minimum atomic E-state index is -0.227. The Hall–Kier alpha value is -2.66. The number of nitrogens with one attached hydrogen (secondary N) is 1. The number of likely N-dealkylation sites (tertiary alicyclic amines) is 1. The summed E-state index contributed by atoms with van der Waals surface area (Å²) in [7, 11) is 0. The number of hydrogen-bond donors (Lipinski definition) is 2. The number of piperidine rings is 1. The van der Waals surface area contributed by atoms with Crippen LogP contribution in [0.1, 0.15) is 60.2 Å². The van der Waals surface area contributed by atoms with Gasteiger partial charge in [0.1, 0.15) is 5.75 Å². The molecule has 5 nitrogen and oxygen atoms in total. The van der Waals surface area contributed by atoms with E-state index in [1.54, 1.807) is 6.07 Å². The highest BCUT2D eigenvalue weighted by molar-refractivity contribution is 6.01. The first-order valence-corrected chi connectivity index (χ1v) is 10.0. The highest BCUT2D eigenvalue weighted by atomic mass is 16.3. The molecule has 2 aromatic carbocycles. The zero-order valence-electron chi connectivity index (χ0n) is 16.7. The van der Waals surface area contributed by atoms with Crippen molar-refractivity contribution in [1.29, 1.82) is 0 Å². The number of phenols is 1. The first kappa shape index (κ1) is 20.1. The second-order valence-electron chi connectivity index (χ2n) is 7.37. The van der Waals surface area contributed by atoms with E-state index < -0.39 is 0 Å². The number of aryl methyl sites for hydroxylation is 1. The van der Waals surface area contributed by atoms with Gasteiger partial charge in [-0.1, -0.05) is 25.5 Å². The molecule has 0 bridgehead atoms. The average molecular weight is 380 g/mol. The van der Waals surface area contributed by atoms with Gasteiger partial charge >= 0.3 is 0 Å². The van der Waals surface area contributed by atoms with Gasteiger partial charge in [0.15, 0.2) is 0 Å². The van der Waals surface area contributed by atoms with E-state index >= 15 is 0 Å². The maximum absolute atomic E-state index is 12.3. The van der Waals surface area contributed by atoms with Crippen molar-refractivity contribution in [2.75, 3.05) is 13.1 Å². The molecule has 1 fully saturated rings. The third kappa shape index (κ3) is 5.20. The molecule has 0 saturated carbocycles. The SMILES string of the molecule is CCc1ccc(C(=O)N/N=C(\C)c2ccc(O)c(CN3CCCCC3)c2)cc1. The predicted octanol–water partition coefficient (Wildman–Crippen LogP) is 4.09. The van der Waals surface area contributed by atoms with E-state index in [2.05, 4.69) is 22.4 Å². The lowest BCUT2D eigenvalue weighted by Crippen LogP contribution is -2.29. The van der Waals surface area contributed by atoms with Gasteiger partial charge in [0, 0.05) is 17.7 Å². The van der Waals surface area contributed by atoms with Gasteiger partial charge in [-0.25, -0.2) is 5.43 Å². The Morgan fingerprint density at radius 1 is 1.07 bits per heavy atom. The smallest absolute Gasteiger partial charge is 0.271 e. The first-order valence-electron chi connectivity index (χ1n) is 10.0. The monoisotopic (exact) mass is 379 g/mol. The Morgan fingerprint density at radius 2 is 1.75 bits per heavy atom. The summed E-state index contributed by atoms with van der Waals surface area (Å²) < 4.78 is 0. The zero-order chi connectivity index (χ0) is 19.9. The highest BCUT2D eigenvalue weighted by Gasteiger charge is 2.13. The van der Waals surface area contributed by atoms with Crippen molar-refractivity contribution in [2.24, 2.45) is 5.10 Å². The number of benzene rings is 2. The molecular weight excluding hydrogens is 350 g/mol. The Balaban J connectivity index is 1.67. The summed E-state index contributed by atoms with van der Waals surface area (Å²) in [5.41, 5.74) is 6.91. The van der Waals surface area contributed by atoms with Crippen molar-refractivity contribution < 1.29 is 9.90 Å². The molecule has 1 heterocycles. The fourth-order valence-corrected chi connectivity index (χ4v) is 3.45. The number of amides is 1. The van der Waals surface area contributed by atoms with Crippen molar-refractivity contribution in [3.8, 4) is 5.75 Å². The van der Waals surface area contributed by atoms with Crippen molar-refractivity contribution in [1.82, 2.24) is 10.3 Å². The Morgan fingerprint density at radius 3 is 2.43 bits per heavy atom. The maximum Gasteiger partial charge on any atom is 0.271 e. The van der Waals surface area contributed by atoms with Gasteiger partial charge in [-0.2, -0.15) is 5.10 Å². The number of hydrogen-bond acceptors (Lipinski definition) is 4. The van der Waals surface area contributed by atoms with E-state index in [4.69, 9.17) is 0 Å². The van der Waals surface area contributed by atoms with Crippen LogP contribution in [0.2, 0.25) is 0 Å². The number of carbonyl (C=O) groups excluding carboxylic acids is 1. The second kappa shape index (κ2) is 9.51. The molecule has 0 radical (unpaired) electrons. The molecular formula is C23H29N3O2. The number of aromatic hydroxyl groups is 1. The Labute approximate surface area is 167 Å². The molecule has 1 amide bonds. The molecule has 1 saturated heterocycles. The number of nitrogens with zero attached hydrogens (tertiary/aromatic N) is 2. The summed E-state index contributed by atoms with van der Waals surface area (Å²) in [6.07, 6.45) is 4.66. The standard InChI is InChI=1S/C23H29N3O2/c1-3-18-7-9-19(10-8-18)23(28)25-24-17(2)20-11-12-22(27)21(15-20)16-26-13-5-4-6-14-26/h7-12,15,27H,3-6,13-14,16H2,1-2H3,(H,25,28)/b24-17+. The molecule has 1 aliphatic heterocycles. The molecule has 1 aliphatic rings. The van der Waals surface area contributed by atoms with Crippen molar-refractivity contribution in [3.63, 3.8) is 0 Å². The summed E-state index contributed by atoms with van der Waals surface area (Å²) >= 11 is 0. The molecule has 28 heavy (non-hydrogen) atoms. The topological polar surface area (TPSA) is 64.9 Å². The van der Waals surface area contributed by atoms with Gasteiger partial charge in [-0.3, -0.25) is 9.69 Å². The van der Waals surface area contributed by atoms with Crippen LogP contribution >= 0.6 is 0 Å². The predicted molar refractivity (Wildman–Crippen MR) is 113 cm³/mol. The van der Waals surface area contributed by atoms with Crippen LogP contribution in [0.15, 0.2) is 47.6 Å². The van der Waals surface area contributed by atoms with Crippen molar-refractivity contribution >= 4 is 11.6 Å². The molecule has 0 unspecified atom stereocenters. The van der Waals surface area contributed by atoms with Gasteiger partial charge in [0.05, 0.1) is 5.71 Å². The number of phenolic OH excluding ortho intramolecular Hbond substituents is 1. The van der Waals surface area contributed by atoms with Crippen molar-refractivity contribution in [2.45, 2.75) is 46.1 Å². The van der Waals surface area contributed by atoms with Crippen LogP contribution in [0.5, 0.6) is 5.75 Å². The largest absolute Gasteiger partial charge is 0.508 e. The van der Waals surface area contributed by atoms with Gasteiger partial charge < -0.3 is 5.11 Å². The van der Waals surface area contributed by atoms with Crippen LogP contribution < -0.4 is 5.43 Å². The van der Waals surface area contributed by atoms with E-state index in [9.17, 15) is 9.90 Å². The molecule has 0 aromatic heterocycles. The van der Waals surface area contributed by atoms with Gasteiger partial charge in [-0.05, 0) is 80.7 Å². The van der Waals surface area contributed by atoms with Crippen LogP contribution in [0.25, 0.3) is 0 Å². The Kier molecular flexibility index (Phi) is 6.82. The third-order valence-electron chi connectivity index (χ3n) is 5.29. The quantitative estimate of drug-likeness (QED) is 0.587. The number of carbonyl (C=O) groups is 1. The minimum Gasteiger partial charge on any atom is -0.508 e. The third-order valence-corrected chi connectivity index (χ3v) is 5.29. The van der Waals surface area contributed by atoms with E-state index in [1.807, 2.05) is 43.3 Å². The summed E-state index contributed by atoms with van der Waals surface area (Å²) in [6.45, 7) is 6.83. The molecule has 0 atom stereocenters. The summed E-state index contributed by atoms with van der Waals surface area (Å²) in [5, 5.41) is 14.5. The van der Waals surface area contributed by atoms with Crippen LogP contribution in [0.3, 0.4) is 0 Å². The fourth-order valence-electron chi connectivity index (χ4n) is 3.45. The van der Waals surface area contributed by atoms with Gasteiger partial charge in [0.2, 0.25) is 0 Å². The maximum atomic E-state index is 12.3. The minimum absolute atomic E-state index is 0.227. The first-order chi connectivity index (χ1) is 13.6. The second-order valence-corrected chi connectivity index (χ2v) is 7.37. The van der Waals surface area contributed by atoms with E-state index in [-0.39, 0.29) is 5.91 Å². The lowest BCUT2D eigenvalue weighted by atomic mass is 10.0. The molecule has 2 N–H and O–H groups in total. The van der Waals surface area contributed by atoms with Crippen molar-refractivity contribution in [3.05, 3.63) is 64.7 Å². The summed E-state index contributed by atoms with van der Waals surface area (Å²) in [5.74, 6) is 0.0801. The van der Waals surface area contributed by atoms with E-state index in [0.717, 1.165) is 37.2 Å². The lowest BCUT2D eigenvalue weighted by molar-refractivity contribution is 0.0955. The van der Waals surface area contributed by atoms with Gasteiger partial charge in [-0.15, -0.1) is 0 Å². The fraction of sp³-hybridized carbons (Fsp3) is 0.391. The number of hydrazone groups is 1. The highest BCUT2D eigenvalue weighted by Crippen LogP contribution is 2.22. The number of rotatable bonds is 6. The molecule has 148 valence electrons. The molecule has 3 rings (SSSR count). The summed E-state index contributed by atoms with van der Waals surface area (Å²) in [4.78, 5) is 14.7. The lowest BCUT2D eigenvalue weighted by Gasteiger charge is -2.26. The molecule has 0 spiro atoms. The summed E-state index contributed by atoms with van der Waals surface area (Å²) in [6, 6.07) is 13.0. The zero-order valence-corrected chi connectivity index (χ0v) is 16.7. The average Bonchev–Trinajstić information content (AvgIpc) is 2.74. The van der Waals surface area contributed by atoms with E-state index in [1.165, 1.54) is 24.8 Å². The molecule has 2 aromatic rings. The van der Waals surface area contributed by atoms with Crippen LogP contribution in [-0.2, 0) is 13.0 Å². The normalized spacial score (nSPS) is 15.4. The van der Waals surface area contributed by atoms with Crippen LogP contribution in [-0.4, -0.2) is 34.7 Å². The van der Waals surface area contributed by atoms with Gasteiger partial charge in [0.25, 0.3) is 5.91 Å². The van der Waals surface area contributed by atoms with Crippen LogP contribution in [0, 0.1) is 0 Å².